The summed E-state index contributed by atoms with van der Waals surface area (Å²) >= 11 is 0. The SMILES string of the molecule is COCCNC(=O)NCC1CCCc2ccccc2N1. The summed E-state index contributed by atoms with van der Waals surface area (Å²) < 4.78 is 4.89. The predicted molar refractivity (Wildman–Crippen MR) is 80.1 cm³/mol. The number of anilines is 1. The largest absolute Gasteiger partial charge is 0.383 e. The molecule has 0 saturated heterocycles. The summed E-state index contributed by atoms with van der Waals surface area (Å²) in [4.78, 5) is 11.6. The van der Waals surface area contributed by atoms with Crippen LogP contribution in [-0.4, -0.2) is 38.9 Å². The normalized spacial score (nSPS) is 17.6. The Balaban J connectivity index is 1.78. The number of fused-ring (bicyclic) bond motifs is 1. The van der Waals surface area contributed by atoms with E-state index in [1.165, 1.54) is 11.3 Å². The Morgan fingerprint density at radius 1 is 1.40 bits per heavy atom. The minimum absolute atomic E-state index is 0.138. The van der Waals surface area contributed by atoms with Crippen LogP contribution in [-0.2, 0) is 11.2 Å². The maximum Gasteiger partial charge on any atom is 0.314 e. The van der Waals surface area contributed by atoms with Crippen LogP contribution in [0.25, 0.3) is 0 Å². The molecule has 1 aliphatic rings. The van der Waals surface area contributed by atoms with E-state index >= 15 is 0 Å². The molecule has 1 aromatic rings. The molecule has 0 bridgehead atoms. The third-order valence-electron chi connectivity index (χ3n) is 3.48. The molecule has 1 aromatic carbocycles. The first-order valence-corrected chi connectivity index (χ1v) is 7.14. The summed E-state index contributed by atoms with van der Waals surface area (Å²) in [6.45, 7) is 1.69. The van der Waals surface area contributed by atoms with Gasteiger partial charge in [0.2, 0.25) is 0 Å². The second kappa shape index (κ2) is 7.75. The van der Waals surface area contributed by atoms with Gasteiger partial charge in [0.05, 0.1) is 6.61 Å². The second-order valence-electron chi connectivity index (χ2n) is 5.02. The van der Waals surface area contributed by atoms with E-state index in [9.17, 15) is 4.79 Å². The Morgan fingerprint density at radius 2 is 2.25 bits per heavy atom. The lowest BCUT2D eigenvalue weighted by atomic mass is 10.1. The zero-order valence-electron chi connectivity index (χ0n) is 11.9. The van der Waals surface area contributed by atoms with Crippen molar-refractivity contribution in [3.63, 3.8) is 0 Å². The molecule has 2 amide bonds. The van der Waals surface area contributed by atoms with Crippen LogP contribution in [0.5, 0.6) is 0 Å². The first-order chi connectivity index (χ1) is 9.79. The maximum absolute atomic E-state index is 11.6. The van der Waals surface area contributed by atoms with Gasteiger partial charge in [0.25, 0.3) is 0 Å². The summed E-state index contributed by atoms with van der Waals surface area (Å²) in [5.74, 6) is 0. The van der Waals surface area contributed by atoms with E-state index in [0.29, 0.717) is 19.7 Å². The van der Waals surface area contributed by atoms with Crippen LogP contribution >= 0.6 is 0 Å². The highest BCUT2D eigenvalue weighted by Gasteiger charge is 2.15. The minimum Gasteiger partial charge on any atom is -0.383 e. The number of hydrogen-bond donors (Lipinski definition) is 3. The second-order valence-corrected chi connectivity index (χ2v) is 5.02. The lowest BCUT2D eigenvalue weighted by Crippen LogP contribution is -2.42. The van der Waals surface area contributed by atoms with Gasteiger partial charge in [0.15, 0.2) is 0 Å². The Kier molecular flexibility index (Phi) is 5.68. The number of benzene rings is 1. The molecular formula is C15H23N3O2. The van der Waals surface area contributed by atoms with Crippen LogP contribution in [0.15, 0.2) is 24.3 Å². The standard InChI is InChI=1S/C15H23N3O2/c1-20-10-9-16-15(19)17-11-13-7-4-6-12-5-2-3-8-14(12)18-13/h2-3,5,8,13,18H,4,6-7,9-11H2,1H3,(H2,16,17,19). The number of amides is 2. The molecule has 1 heterocycles. The van der Waals surface area contributed by atoms with Gasteiger partial charge >= 0.3 is 6.03 Å². The first-order valence-electron chi connectivity index (χ1n) is 7.14. The van der Waals surface area contributed by atoms with Crippen LogP contribution in [0.4, 0.5) is 10.5 Å². The highest BCUT2D eigenvalue weighted by Crippen LogP contribution is 2.23. The van der Waals surface area contributed by atoms with Crippen molar-refractivity contribution in [2.24, 2.45) is 0 Å². The van der Waals surface area contributed by atoms with Gasteiger partial charge in [0, 0.05) is 31.9 Å². The molecule has 5 heteroatoms. The Hall–Kier alpha value is -1.75. The van der Waals surface area contributed by atoms with Crippen molar-refractivity contribution < 1.29 is 9.53 Å². The molecule has 3 N–H and O–H groups in total. The van der Waals surface area contributed by atoms with Gasteiger partial charge in [0.1, 0.15) is 0 Å². The van der Waals surface area contributed by atoms with Crippen molar-refractivity contribution in [3.8, 4) is 0 Å². The van der Waals surface area contributed by atoms with E-state index in [-0.39, 0.29) is 12.1 Å². The van der Waals surface area contributed by atoms with Crippen molar-refractivity contribution in [1.29, 1.82) is 0 Å². The van der Waals surface area contributed by atoms with Crippen LogP contribution in [0.3, 0.4) is 0 Å². The number of methoxy groups -OCH3 is 1. The quantitative estimate of drug-likeness (QED) is 0.719. The van der Waals surface area contributed by atoms with E-state index in [4.69, 9.17) is 4.74 Å². The van der Waals surface area contributed by atoms with Gasteiger partial charge in [-0.05, 0) is 30.9 Å². The monoisotopic (exact) mass is 277 g/mol. The molecule has 1 unspecified atom stereocenters. The third kappa shape index (κ3) is 4.42. The summed E-state index contributed by atoms with van der Waals surface area (Å²) in [6, 6.07) is 8.52. The predicted octanol–water partition coefficient (Wildman–Crippen LogP) is 1.75. The average molecular weight is 277 g/mol. The number of ether oxygens (including phenoxy) is 1. The fourth-order valence-electron chi connectivity index (χ4n) is 2.41. The van der Waals surface area contributed by atoms with Crippen molar-refractivity contribution in [2.45, 2.75) is 25.3 Å². The van der Waals surface area contributed by atoms with Crippen LogP contribution < -0.4 is 16.0 Å². The number of urea groups is 1. The zero-order valence-corrected chi connectivity index (χ0v) is 11.9. The highest BCUT2D eigenvalue weighted by atomic mass is 16.5. The molecule has 0 spiro atoms. The topological polar surface area (TPSA) is 62.4 Å². The van der Waals surface area contributed by atoms with Gasteiger partial charge in [-0.25, -0.2) is 4.79 Å². The summed E-state index contributed by atoms with van der Waals surface area (Å²) in [7, 11) is 1.62. The number of carbonyl (C=O) groups excluding carboxylic acids is 1. The van der Waals surface area contributed by atoms with Crippen molar-refractivity contribution >= 4 is 11.7 Å². The third-order valence-corrected chi connectivity index (χ3v) is 3.48. The molecule has 1 atom stereocenters. The van der Waals surface area contributed by atoms with Crippen molar-refractivity contribution in [3.05, 3.63) is 29.8 Å². The number of nitrogens with one attached hydrogen (secondary N) is 3. The zero-order chi connectivity index (χ0) is 14.2. The van der Waals surface area contributed by atoms with E-state index in [1.54, 1.807) is 7.11 Å². The summed E-state index contributed by atoms with van der Waals surface area (Å²) in [6.07, 6.45) is 3.30. The molecule has 2 rings (SSSR count). The van der Waals surface area contributed by atoms with E-state index in [0.717, 1.165) is 19.3 Å². The average Bonchev–Trinajstić information content (AvgIpc) is 2.67. The van der Waals surface area contributed by atoms with Crippen LogP contribution in [0, 0.1) is 0 Å². The molecule has 20 heavy (non-hydrogen) atoms. The summed E-state index contributed by atoms with van der Waals surface area (Å²) in [5.41, 5.74) is 2.55. The number of aryl methyl sites for hydroxylation is 1. The van der Waals surface area contributed by atoms with Crippen LogP contribution in [0.1, 0.15) is 18.4 Å². The fourth-order valence-corrected chi connectivity index (χ4v) is 2.41. The lowest BCUT2D eigenvalue weighted by Gasteiger charge is -2.19. The van der Waals surface area contributed by atoms with E-state index in [2.05, 4.69) is 34.1 Å². The van der Waals surface area contributed by atoms with Gasteiger partial charge < -0.3 is 20.7 Å². The molecule has 0 saturated carbocycles. The minimum atomic E-state index is -0.138. The molecule has 0 aromatic heterocycles. The number of para-hydroxylation sites is 1. The Bertz CT molecular complexity index is 437. The maximum atomic E-state index is 11.6. The Labute approximate surface area is 120 Å². The fraction of sp³-hybridized carbons (Fsp3) is 0.533. The highest BCUT2D eigenvalue weighted by molar-refractivity contribution is 5.73. The lowest BCUT2D eigenvalue weighted by molar-refractivity contribution is 0.196. The van der Waals surface area contributed by atoms with Crippen LogP contribution in [0.2, 0.25) is 0 Å². The number of rotatable bonds is 5. The van der Waals surface area contributed by atoms with Gasteiger partial charge in [-0.15, -0.1) is 0 Å². The van der Waals surface area contributed by atoms with Gasteiger partial charge in [-0.2, -0.15) is 0 Å². The number of carbonyl (C=O) groups is 1. The molecule has 1 aliphatic heterocycles. The first kappa shape index (κ1) is 14.7. The molecule has 0 radical (unpaired) electrons. The molecule has 0 aliphatic carbocycles. The molecular weight excluding hydrogens is 254 g/mol. The van der Waals surface area contributed by atoms with E-state index < -0.39 is 0 Å². The smallest absolute Gasteiger partial charge is 0.314 e. The summed E-state index contributed by atoms with van der Waals surface area (Å²) in [5, 5.41) is 9.17. The van der Waals surface area contributed by atoms with Crippen molar-refractivity contribution in [1.82, 2.24) is 10.6 Å². The van der Waals surface area contributed by atoms with E-state index in [1.807, 2.05) is 6.07 Å². The van der Waals surface area contributed by atoms with Gasteiger partial charge in [-0.1, -0.05) is 18.2 Å². The van der Waals surface area contributed by atoms with Crippen molar-refractivity contribution in [2.75, 3.05) is 32.1 Å². The number of hydrogen-bond acceptors (Lipinski definition) is 3. The molecule has 110 valence electrons. The van der Waals surface area contributed by atoms with Gasteiger partial charge in [-0.3, -0.25) is 0 Å². The Morgan fingerprint density at radius 3 is 3.10 bits per heavy atom. The molecule has 0 fully saturated rings. The molecule has 5 nitrogen and oxygen atoms in total.